The Morgan fingerprint density at radius 1 is 1.25 bits per heavy atom. The first-order valence-electron chi connectivity index (χ1n) is 7.50. The Hall–Kier alpha value is -2.05. The van der Waals surface area contributed by atoms with Gasteiger partial charge in [0.1, 0.15) is 5.69 Å². The molecule has 0 radical (unpaired) electrons. The lowest BCUT2D eigenvalue weighted by Crippen LogP contribution is -2.44. The molecule has 1 aromatic carbocycles. The lowest BCUT2D eigenvalue weighted by Gasteiger charge is -2.35. The van der Waals surface area contributed by atoms with E-state index < -0.39 is 5.91 Å². The summed E-state index contributed by atoms with van der Waals surface area (Å²) >= 11 is 11.8. The van der Waals surface area contributed by atoms with E-state index in [1.165, 1.54) is 0 Å². The predicted molar refractivity (Wildman–Crippen MR) is 91.2 cm³/mol. The number of halogens is 2. The Morgan fingerprint density at radius 3 is 2.62 bits per heavy atom. The summed E-state index contributed by atoms with van der Waals surface area (Å²) < 4.78 is 0. The van der Waals surface area contributed by atoms with Crippen molar-refractivity contribution < 1.29 is 9.59 Å². The molecule has 0 bridgehead atoms. The Balaban J connectivity index is 1.48. The van der Waals surface area contributed by atoms with Crippen LogP contribution in [-0.2, 0) is 11.2 Å². The van der Waals surface area contributed by atoms with Crippen LogP contribution in [0.25, 0.3) is 0 Å². The van der Waals surface area contributed by atoms with E-state index in [1.54, 1.807) is 24.3 Å². The Morgan fingerprint density at radius 2 is 2.00 bits per heavy atom. The molecule has 3 rings (SSSR count). The molecule has 0 spiro atoms. The van der Waals surface area contributed by atoms with Crippen LogP contribution in [0.15, 0.2) is 24.3 Å². The first-order chi connectivity index (χ1) is 11.4. The predicted octanol–water partition coefficient (Wildman–Crippen LogP) is 2.42. The molecule has 126 valence electrons. The summed E-state index contributed by atoms with van der Waals surface area (Å²) in [6.07, 6.45) is 1.86. The molecule has 1 saturated carbocycles. The van der Waals surface area contributed by atoms with Crippen LogP contribution >= 0.6 is 23.2 Å². The Labute approximate surface area is 148 Å². The number of rotatable bonds is 5. The summed E-state index contributed by atoms with van der Waals surface area (Å²) in [6.45, 7) is 0. The fourth-order valence-electron chi connectivity index (χ4n) is 2.78. The van der Waals surface area contributed by atoms with Gasteiger partial charge >= 0.3 is 0 Å². The van der Waals surface area contributed by atoms with E-state index >= 15 is 0 Å². The first kappa shape index (κ1) is 16.8. The number of nitrogens with zero attached hydrogens (tertiary/aromatic N) is 1. The quantitative estimate of drug-likeness (QED) is 0.757. The summed E-state index contributed by atoms with van der Waals surface area (Å²) in [5.41, 5.74) is 7.10. The number of amides is 2. The maximum Gasteiger partial charge on any atom is 0.269 e. The minimum Gasteiger partial charge on any atom is -0.364 e. The molecule has 1 aliphatic rings. The number of benzene rings is 1. The zero-order valence-corrected chi connectivity index (χ0v) is 14.2. The minimum absolute atomic E-state index is 0.0562. The van der Waals surface area contributed by atoms with E-state index in [2.05, 4.69) is 15.5 Å². The average molecular weight is 367 g/mol. The minimum atomic E-state index is -0.552. The van der Waals surface area contributed by atoms with Crippen LogP contribution in [0.4, 0.5) is 0 Å². The van der Waals surface area contributed by atoms with E-state index in [-0.39, 0.29) is 30.0 Å². The lowest BCUT2D eigenvalue weighted by atomic mass is 9.78. The molecule has 4 N–H and O–H groups in total. The van der Waals surface area contributed by atoms with Crippen molar-refractivity contribution in [1.29, 1.82) is 0 Å². The second-order valence-electron chi connectivity index (χ2n) is 5.93. The molecule has 2 aromatic rings. The second kappa shape index (κ2) is 6.83. The number of carbonyl (C=O) groups is 2. The zero-order chi connectivity index (χ0) is 17.3. The maximum atomic E-state index is 12.1. The molecule has 1 fully saturated rings. The molecule has 0 aliphatic heterocycles. The number of nitrogens with two attached hydrogens (primary N) is 1. The van der Waals surface area contributed by atoms with Gasteiger partial charge in [-0.15, -0.1) is 0 Å². The summed E-state index contributed by atoms with van der Waals surface area (Å²) in [7, 11) is 0. The van der Waals surface area contributed by atoms with Gasteiger partial charge in [0.15, 0.2) is 0 Å². The molecule has 1 aliphatic carbocycles. The van der Waals surface area contributed by atoms with Crippen LogP contribution in [0.3, 0.4) is 0 Å². The van der Waals surface area contributed by atoms with Crippen molar-refractivity contribution in [2.45, 2.75) is 31.2 Å². The summed E-state index contributed by atoms with van der Waals surface area (Å²) in [6, 6.07) is 6.95. The van der Waals surface area contributed by atoms with Gasteiger partial charge in [0.05, 0.1) is 16.5 Å². The molecule has 0 saturated heterocycles. The van der Waals surface area contributed by atoms with Crippen molar-refractivity contribution in [3.8, 4) is 0 Å². The highest BCUT2D eigenvalue weighted by molar-refractivity contribution is 6.42. The number of nitrogens with one attached hydrogen (secondary N) is 2. The SMILES string of the molecule is NC(=O)c1cc(C2CC(NC(=O)Cc3ccc(Cl)c(Cl)c3)C2)[nH]n1. The van der Waals surface area contributed by atoms with Crippen LogP contribution in [-0.4, -0.2) is 28.1 Å². The molecule has 0 atom stereocenters. The fourth-order valence-corrected chi connectivity index (χ4v) is 3.10. The highest BCUT2D eigenvalue weighted by Crippen LogP contribution is 2.36. The van der Waals surface area contributed by atoms with Crippen molar-refractivity contribution in [1.82, 2.24) is 15.5 Å². The molecule has 8 heteroatoms. The second-order valence-corrected chi connectivity index (χ2v) is 6.75. The lowest BCUT2D eigenvalue weighted by molar-refractivity contribution is -0.121. The Bertz CT molecular complexity index is 784. The van der Waals surface area contributed by atoms with Crippen LogP contribution in [0, 0.1) is 0 Å². The molecule has 6 nitrogen and oxygen atoms in total. The standard InChI is InChI=1S/C16H16Cl2N4O2/c17-11-2-1-8(3-12(11)18)4-15(23)20-10-5-9(6-10)13-7-14(16(19)24)22-21-13/h1-3,7,9-10H,4-6H2,(H2,19,24)(H,20,23)(H,21,22). The van der Waals surface area contributed by atoms with Crippen LogP contribution in [0.2, 0.25) is 10.0 Å². The molecule has 24 heavy (non-hydrogen) atoms. The number of H-pyrrole nitrogens is 1. The summed E-state index contributed by atoms with van der Waals surface area (Å²) in [5, 5.41) is 10.6. The summed E-state index contributed by atoms with van der Waals surface area (Å²) in [4.78, 5) is 23.1. The van der Waals surface area contributed by atoms with Crippen molar-refractivity contribution in [3.63, 3.8) is 0 Å². The van der Waals surface area contributed by atoms with Gasteiger partial charge in [-0.05, 0) is 36.6 Å². The van der Waals surface area contributed by atoms with Gasteiger partial charge in [-0.3, -0.25) is 14.7 Å². The van der Waals surface area contributed by atoms with Crippen molar-refractivity contribution in [2.24, 2.45) is 5.73 Å². The largest absolute Gasteiger partial charge is 0.364 e. The molecular weight excluding hydrogens is 351 g/mol. The smallest absolute Gasteiger partial charge is 0.269 e. The average Bonchev–Trinajstić information content (AvgIpc) is 2.96. The highest BCUT2D eigenvalue weighted by Gasteiger charge is 2.32. The molecule has 2 amide bonds. The molecule has 1 heterocycles. The first-order valence-corrected chi connectivity index (χ1v) is 8.26. The monoisotopic (exact) mass is 366 g/mol. The third-order valence-electron chi connectivity index (χ3n) is 4.14. The van der Waals surface area contributed by atoms with E-state index in [0.717, 1.165) is 24.1 Å². The zero-order valence-electron chi connectivity index (χ0n) is 12.7. The number of aromatic amines is 1. The van der Waals surface area contributed by atoms with Gasteiger partial charge in [-0.1, -0.05) is 29.3 Å². The topological polar surface area (TPSA) is 101 Å². The normalized spacial score (nSPS) is 19.6. The van der Waals surface area contributed by atoms with Gasteiger partial charge in [-0.25, -0.2) is 0 Å². The molecule has 0 unspecified atom stereocenters. The van der Waals surface area contributed by atoms with Gasteiger partial charge in [0, 0.05) is 17.7 Å². The van der Waals surface area contributed by atoms with E-state index in [4.69, 9.17) is 28.9 Å². The maximum absolute atomic E-state index is 12.1. The van der Waals surface area contributed by atoms with Crippen molar-refractivity contribution >= 4 is 35.0 Å². The number of carbonyl (C=O) groups excluding carboxylic acids is 2. The Kier molecular flexibility index (Phi) is 4.78. The number of hydrogen-bond donors (Lipinski definition) is 3. The summed E-state index contributed by atoms with van der Waals surface area (Å²) in [5.74, 6) is -0.358. The van der Waals surface area contributed by atoms with Gasteiger partial charge in [-0.2, -0.15) is 5.10 Å². The highest BCUT2D eigenvalue weighted by atomic mass is 35.5. The third-order valence-corrected chi connectivity index (χ3v) is 4.88. The van der Waals surface area contributed by atoms with Gasteiger partial charge in [0.2, 0.25) is 5.91 Å². The number of primary amides is 1. The van der Waals surface area contributed by atoms with E-state index in [9.17, 15) is 9.59 Å². The van der Waals surface area contributed by atoms with Gasteiger partial charge < -0.3 is 11.1 Å². The number of hydrogen-bond acceptors (Lipinski definition) is 3. The number of aromatic nitrogens is 2. The van der Waals surface area contributed by atoms with Crippen LogP contribution in [0.1, 0.15) is 40.5 Å². The van der Waals surface area contributed by atoms with Crippen LogP contribution < -0.4 is 11.1 Å². The van der Waals surface area contributed by atoms with E-state index in [1.807, 2.05) is 0 Å². The fraction of sp³-hybridized carbons (Fsp3) is 0.312. The molecular formula is C16H16Cl2N4O2. The van der Waals surface area contributed by atoms with Crippen molar-refractivity contribution in [2.75, 3.05) is 0 Å². The van der Waals surface area contributed by atoms with Gasteiger partial charge in [0.25, 0.3) is 5.91 Å². The van der Waals surface area contributed by atoms with Crippen LogP contribution in [0.5, 0.6) is 0 Å². The molecule has 1 aromatic heterocycles. The van der Waals surface area contributed by atoms with E-state index in [0.29, 0.717) is 10.0 Å². The van der Waals surface area contributed by atoms with Crippen molar-refractivity contribution in [3.05, 3.63) is 51.3 Å². The third kappa shape index (κ3) is 3.71.